The SMILES string of the molecule is O=C(COc1ccccc1-c1ccccc1)NCC(F)(F)F. The third-order valence-electron chi connectivity index (χ3n) is 2.82. The predicted octanol–water partition coefficient (Wildman–Crippen LogP) is 3.41. The van der Waals surface area contributed by atoms with E-state index in [4.69, 9.17) is 4.74 Å². The lowest BCUT2D eigenvalue weighted by molar-refractivity contribution is -0.139. The fourth-order valence-electron chi connectivity index (χ4n) is 1.84. The van der Waals surface area contributed by atoms with E-state index in [0.717, 1.165) is 11.1 Å². The molecule has 0 unspecified atom stereocenters. The number of hydrogen-bond acceptors (Lipinski definition) is 2. The number of rotatable bonds is 5. The Bertz CT molecular complexity index is 627. The first-order chi connectivity index (χ1) is 10.5. The molecule has 1 N–H and O–H groups in total. The minimum atomic E-state index is -4.43. The molecule has 2 aromatic carbocycles. The van der Waals surface area contributed by atoms with Crippen LogP contribution in [0.2, 0.25) is 0 Å². The second-order valence-corrected chi connectivity index (χ2v) is 4.54. The molecular weight excluding hydrogens is 295 g/mol. The molecule has 0 atom stereocenters. The van der Waals surface area contributed by atoms with E-state index in [-0.39, 0.29) is 0 Å². The predicted molar refractivity (Wildman–Crippen MR) is 76.4 cm³/mol. The van der Waals surface area contributed by atoms with Crippen LogP contribution >= 0.6 is 0 Å². The molecule has 22 heavy (non-hydrogen) atoms. The van der Waals surface area contributed by atoms with Gasteiger partial charge in [-0.1, -0.05) is 48.5 Å². The van der Waals surface area contributed by atoms with Gasteiger partial charge in [0.25, 0.3) is 5.91 Å². The molecule has 0 aromatic heterocycles. The van der Waals surface area contributed by atoms with Gasteiger partial charge in [0.05, 0.1) is 0 Å². The summed E-state index contributed by atoms with van der Waals surface area (Å²) in [6, 6.07) is 16.4. The van der Waals surface area contributed by atoms with Crippen LogP contribution in [0.15, 0.2) is 54.6 Å². The smallest absolute Gasteiger partial charge is 0.405 e. The zero-order chi connectivity index (χ0) is 16.0. The van der Waals surface area contributed by atoms with Crippen molar-refractivity contribution < 1.29 is 22.7 Å². The first kappa shape index (κ1) is 15.9. The van der Waals surface area contributed by atoms with Gasteiger partial charge in [0.2, 0.25) is 0 Å². The van der Waals surface area contributed by atoms with E-state index < -0.39 is 25.2 Å². The maximum Gasteiger partial charge on any atom is 0.405 e. The quantitative estimate of drug-likeness (QED) is 0.919. The molecule has 0 radical (unpaired) electrons. The highest BCUT2D eigenvalue weighted by Crippen LogP contribution is 2.29. The normalized spacial score (nSPS) is 11.0. The van der Waals surface area contributed by atoms with Crippen LogP contribution < -0.4 is 10.1 Å². The molecular formula is C16H14F3NO2. The third-order valence-corrected chi connectivity index (χ3v) is 2.82. The highest BCUT2D eigenvalue weighted by Gasteiger charge is 2.27. The summed E-state index contributed by atoms with van der Waals surface area (Å²) in [4.78, 5) is 11.4. The molecule has 0 saturated heterocycles. The lowest BCUT2D eigenvalue weighted by Gasteiger charge is -2.12. The van der Waals surface area contributed by atoms with Crippen LogP contribution in [-0.2, 0) is 4.79 Å². The van der Waals surface area contributed by atoms with Crippen molar-refractivity contribution in [3.05, 3.63) is 54.6 Å². The molecule has 2 rings (SSSR count). The number of benzene rings is 2. The second kappa shape index (κ2) is 6.98. The summed E-state index contributed by atoms with van der Waals surface area (Å²) in [5.41, 5.74) is 1.67. The minimum Gasteiger partial charge on any atom is -0.483 e. The summed E-state index contributed by atoms with van der Waals surface area (Å²) in [5, 5.41) is 1.76. The highest BCUT2D eigenvalue weighted by atomic mass is 19.4. The van der Waals surface area contributed by atoms with Gasteiger partial charge in [-0.15, -0.1) is 0 Å². The van der Waals surface area contributed by atoms with Gasteiger partial charge < -0.3 is 10.1 Å². The molecule has 0 spiro atoms. The third kappa shape index (κ3) is 4.80. The minimum absolute atomic E-state index is 0.441. The van der Waals surface area contributed by atoms with Gasteiger partial charge >= 0.3 is 6.18 Å². The van der Waals surface area contributed by atoms with E-state index in [2.05, 4.69) is 0 Å². The maximum absolute atomic E-state index is 12.0. The van der Waals surface area contributed by atoms with E-state index in [1.54, 1.807) is 17.4 Å². The Morgan fingerprint density at radius 3 is 2.32 bits per heavy atom. The lowest BCUT2D eigenvalue weighted by Crippen LogP contribution is -2.36. The van der Waals surface area contributed by atoms with Crippen LogP contribution in [-0.4, -0.2) is 25.2 Å². The first-order valence-corrected chi connectivity index (χ1v) is 6.56. The van der Waals surface area contributed by atoms with Crippen LogP contribution in [0.25, 0.3) is 11.1 Å². The van der Waals surface area contributed by atoms with Crippen LogP contribution in [0, 0.1) is 0 Å². The number of para-hydroxylation sites is 1. The zero-order valence-corrected chi connectivity index (χ0v) is 11.6. The summed E-state index contributed by atoms with van der Waals surface area (Å²) in [5.74, 6) is -0.379. The molecule has 0 bridgehead atoms. The van der Waals surface area contributed by atoms with Gasteiger partial charge in [-0.3, -0.25) is 4.79 Å². The van der Waals surface area contributed by atoms with Crippen LogP contribution in [0.4, 0.5) is 13.2 Å². The molecule has 6 heteroatoms. The highest BCUT2D eigenvalue weighted by molar-refractivity contribution is 5.78. The molecule has 0 aliphatic rings. The van der Waals surface area contributed by atoms with Gasteiger partial charge in [0.1, 0.15) is 12.3 Å². The van der Waals surface area contributed by atoms with Crippen molar-refractivity contribution in [2.45, 2.75) is 6.18 Å². The summed E-state index contributed by atoms with van der Waals surface area (Å²) < 4.78 is 41.4. The van der Waals surface area contributed by atoms with Crippen molar-refractivity contribution in [2.24, 2.45) is 0 Å². The summed E-state index contributed by atoms with van der Waals surface area (Å²) in [6.07, 6.45) is -4.43. The maximum atomic E-state index is 12.0. The van der Waals surface area contributed by atoms with Crippen molar-refractivity contribution in [3.63, 3.8) is 0 Å². The molecule has 0 saturated carbocycles. The average Bonchev–Trinajstić information content (AvgIpc) is 2.51. The summed E-state index contributed by atoms with van der Waals surface area (Å²) in [6.45, 7) is -1.84. The second-order valence-electron chi connectivity index (χ2n) is 4.54. The largest absolute Gasteiger partial charge is 0.483 e. The van der Waals surface area contributed by atoms with Gasteiger partial charge in [0.15, 0.2) is 6.61 Å². The summed E-state index contributed by atoms with van der Waals surface area (Å²) >= 11 is 0. The van der Waals surface area contributed by atoms with Crippen molar-refractivity contribution >= 4 is 5.91 Å². The number of halogens is 3. The number of carbonyl (C=O) groups is 1. The van der Waals surface area contributed by atoms with Crippen LogP contribution in [0.1, 0.15) is 0 Å². The molecule has 0 fully saturated rings. The van der Waals surface area contributed by atoms with Crippen molar-refractivity contribution in [1.29, 1.82) is 0 Å². The van der Waals surface area contributed by atoms with E-state index in [9.17, 15) is 18.0 Å². The monoisotopic (exact) mass is 309 g/mol. The van der Waals surface area contributed by atoms with E-state index in [1.807, 2.05) is 42.5 Å². The van der Waals surface area contributed by atoms with E-state index in [1.165, 1.54) is 0 Å². The molecule has 0 aliphatic carbocycles. The van der Waals surface area contributed by atoms with Gasteiger partial charge in [-0.2, -0.15) is 13.2 Å². The van der Waals surface area contributed by atoms with E-state index in [0.29, 0.717) is 5.75 Å². The number of nitrogens with one attached hydrogen (secondary N) is 1. The van der Waals surface area contributed by atoms with Crippen molar-refractivity contribution in [3.8, 4) is 16.9 Å². The number of hydrogen-bond donors (Lipinski definition) is 1. The van der Waals surface area contributed by atoms with Crippen molar-refractivity contribution in [2.75, 3.05) is 13.2 Å². The Morgan fingerprint density at radius 1 is 1.00 bits per heavy atom. The Morgan fingerprint density at radius 2 is 1.64 bits per heavy atom. The first-order valence-electron chi connectivity index (χ1n) is 6.56. The van der Waals surface area contributed by atoms with Crippen LogP contribution in [0.3, 0.4) is 0 Å². The number of carbonyl (C=O) groups excluding carboxylic acids is 1. The Balaban J connectivity index is 2.01. The molecule has 0 aliphatic heterocycles. The lowest BCUT2D eigenvalue weighted by atomic mass is 10.1. The zero-order valence-electron chi connectivity index (χ0n) is 11.6. The molecule has 1 amide bonds. The molecule has 2 aromatic rings. The fraction of sp³-hybridized carbons (Fsp3) is 0.188. The van der Waals surface area contributed by atoms with Gasteiger partial charge in [-0.05, 0) is 11.6 Å². The van der Waals surface area contributed by atoms with Crippen molar-refractivity contribution in [1.82, 2.24) is 5.32 Å². The number of alkyl halides is 3. The van der Waals surface area contributed by atoms with E-state index >= 15 is 0 Å². The average molecular weight is 309 g/mol. The molecule has 3 nitrogen and oxygen atoms in total. The Labute approximate surface area is 125 Å². The van der Waals surface area contributed by atoms with Gasteiger partial charge in [0, 0.05) is 5.56 Å². The number of ether oxygens (including phenoxy) is 1. The summed E-state index contributed by atoms with van der Waals surface area (Å²) in [7, 11) is 0. The molecule has 0 heterocycles. The Hall–Kier alpha value is -2.50. The standard InChI is InChI=1S/C16H14F3NO2/c17-16(18,19)11-20-15(21)10-22-14-9-5-4-8-13(14)12-6-2-1-3-7-12/h1-9H,10-11H2,(H,20,21). The van der Waals surface area contributed by atoms with Gasteiger partial charge in [-0.25, -0.2) is 0 Å². The number of amides is 1. The molecule has 116 valence electrons. The fourth-order valence-corrected chi connectivity index (χ4v) is 1.84. The Kier molecular flexibility index (Phi) is 5.04. The topological polar surface area (TPSA) is 38.3 Å². The van der Waals surface area contributed by atoms with Crippen LogP contribution in [0.5, 0.6) is 5.75 Å².